The first kappa shape index (κ1) is 16.8. The SMILES string of the molecule is COc1cc(OC)nc(C[C@@H]2CC[C@H](CN3CCSCC3)O2)n1. The standard InChI is InChI=1S/C16H25N3O3S/c1-20-15-10-16(21-2)18-14(17-15)9-12-3-4-13(22-12)11-19-5-7-23-8-6-19/h10,12-13H,3-9,11H2,1-2H3/t12-,13+/m0/s1. The van der Waals surface area contributed by atoms with Gasteiger partial charge in [0.2, 0.25) is 11.8 Å². The Labute approximate surface area is 141 Å². The van der Waals surface area contributed by atoms with Crippen LogP contribution in [-0.2, 0) is 11.2 Å². The van der Waals surface area contributed by atoms with Gasteiger partial charge in [-0.3, -0.25) is 4.90 Å². The molecule has 0 N–H and O–H groups in total. The Kier molecular flexibility index (Phi) is 5.96. The third-order valence-electron chi connectivity index (χ3n) is 4.32. The van der Waals surface area contributed by atoms with Crippen molar-refractivity contribution >= 4 is 11.8 Å². The second-order valence-corrected chi connectivity index (χ2v) is 7.17. The molecular weight excluding hydrogens is 314 g/mol. The number of ether oxygens (including phenoxy) is 3. The topological polar surface area (TPSA) is 56.7 Å². The van der Waals surface area contributed by atoms with Gasteiger partial charge in [-0.05, 0) is 12.8 Å². The molecule has 3 rings (SSSR count). The van der Waals surface area contributed by atoms with E-state index in [2.05, 4.69) is 14.9 Å². The highest BCUT2D eigenvalue weighted by Gasteiger charge is 2.28. The molecule has 0 unspecified atom stereocenters. The predicted octanol–water partition coefficient (Wildman–Crippen LogP) is 1.63. The smallest absolute Gasteiger partial charge is 0.220 e. The number of hydrogen-bond acceptors (Lipinski definition) is 7. The summed E-state index contributed by atoms with van der Waals surface area (Å²) in [6, 6.07) is 1.69. The minimum atomic E-state index is 0.191. The van der Waals surface area contributed by atoms with Gasteiger partial charge in [0.25, 0.3) is 0 Å². The molecule has 23 heavy (non-hydrogen) atoms. The molecule has 128 valence electrons. The number of thioether (sulfide) groups is 1. The van der Waals surface area contributed by atoms with Crippen molar-refractivity contribution in [3.8, 4) is 11.8 Å². The molecular formula is C16H25N3O3S. The van der Waals surface area contributed by atoms with Crippen molar-refractivity contribution in [3.63, 3.8) is 0 Å². The van der Waals surface area contributed by atoms with E-state index in [4.69, 9.17) is 14.2 Å². The molecule has 2 aliphatic heterocycles. The number of hydrogen-bond donors (Lipinski definition) is 0. The number of nitrogens with zero attached hydrogens (tertiary/aromatic N) is 3. The van der Waals surface area contributed by atoms with Crippen LogP contribution in [0.15, 0.2) is 6.07 Å². The van der Waals surface area contributed by atoms with E-state index in [1.54, 1.807) is 20.3 Å². The third-order valence-corrected chi connectivity index (χ3v) is 5.26. The lowest BCUT2D eigenvalue weighted by atomic mass is 10.1. The predicted molar refractivity (Wildman–Crippen MR) is 90.5 cm³/mol. The lowest BCUT2D eigenvalue weighted by Crippen LogP contribution is -2.38. The normalized spacial score (nSPS) is 25.5. The molecule has 3 heterocycles. The largest absolute Gasteiger partial charge is 0.481 e. The highest BCUT2D eigenvalue weighted by atomic mass is 32.2. The Bertz CT molecular complexity index is 489. The zero-order valence-electron chi connectivity index (χ0n) is 13.9. The average molecular weight is 339 g/mol. The first-order valence-electron chi connectivity index (χ1n) is 8.18. The van der Waals surface area contributed by atoms with Gasteiger partial charge in [0.1, 0.15) is 5.82 Å². The first-order valence-corrected chi connectivity index (χ1v) is 9.34. The van der Waals surface area contributed by atoms with Crippen molar-refractivity contribution in [1.82, 2.24) is 14.9 Å². The van der Waals surface area contributed by atoms with Crippen LogP contribution < -0.4 is 9.47 Å². The van der Waals surface area contributed by atoms with Crippen molar-refractivity contribution in [2.75, 3.05) is 45.4 Å². The Morgan fingerprint density at radius 1 is 1.13 bits per heavy atom. The fourth-order valence-electron chi connectivity index (χ4n) is 3.09. The van der Waals surface area contributed by atoms with Crippen LogP contribution in [0.4, 0.5) is 0 Å². The molecule has 2 atom stereocenters. The molecule has 1 aromatic heterocycles. The summed E-state index contributed by atoms with van der Waals surface area (Å²) in [7, 11) is 3.20. The molecule has 7 heteroatoms. The quantitative estimate of drug-likeness (QED) is 0.781. The molecule has 0 saturated carbocycles. The van der Waals surface area contributed by atoms with Gasteiger partial charge in [-0.25, -0.2) is 0 Å². The number of methoxy groups -OCH3 is 2. The van der Waals surface area contributed by atoms with Crippen LogP contribution in [-0.4, -0.2) is 72.4 Å². The van der Waals surface area contributed by atoms with Crippen LogP contribution >= 0.6 is 11.8 Å². The Morgan fingerprint density at radius 2 is 1.78 bits per heavy atom. The molecule has 0 radical (unpaired) electrons. The van der Waals surface area contributed by atoms with E-state index in [1.807, 2.05) is 11.8 Å². The minimum Gasteiger partial charge on any atom is -0.481 e. The summed E-state index contributed by atoms with van der Waals surface area (Å²) in [5.41, 5.74) is 0. The molecule has 0 spiro atoms. The molecule has 1 aromatic rings. The summed E-state index contributed by atoms with van der Waals surface area (Å²) in [4.78, 5) is 11.3. The Balaban J connectivity index is 1.53. The van der Waals surface area contributed by atoms with Crippen LogP contribution in [0.5, 0.6) is 11.8 Å². The highest BCUT2D eigenvalue weighted by molar-refractivity contribution is 7.99. The van der Waals surface area contributed by atoms with Crippen molar-refractivity contribution in [2.24, 2.45) is 0 Å². The first-order chi connectivity index (χ1) is 11.3. The van der Waals surface area contributed by atoms with Gasteiger partial charge in [-0.2, -0.15) is 21.7 Å². The van der Waals surface area contributed by atoms with Crippen molar-refractivity contribution in [3.05, 3.63) is 11.9 Å². The summed E-state index contributed by atoms with van der Waals surface area (Å²) >= 11 is 2.04. The maximum absolute atomic E-state index is 6.21. The Morgan fingerprint density at radius 3 is 2.43 bits per heavy atom. The van der Waals surface area contributed by atoms with E-state index in [0.29, 0.717) is 24.3 Å². The van der Waals surface area contributed by atoms with E-state index in [9.17, 15) is 0 Å². The molecule has 0 aliphatic carbocycles. The Hall–Kier alpha value is -1.05. The fourth-order valence-corrected chi connectivity index (χ4v) is 4.07. The minimum absolute atomic E-state index is 0.191. The van der Waals surface area contributed by atoms with Gasteiger partial charge in [0.05, 0.1) is 32.5 Å². The van der Waals surface area contributed by atoms with Gasteiger partial charge in [-0.15, -0.1) is 0 Å². The van der Waals surface area contributed by atoms with E-state index in [-0.39, 0.29) is 6.10 Å². The van der Waals surface area contributed by atoms with Crippen molar-refractivity contribution < 1.29 is 14.2 Å². The molecule has 2 aliphatic rings. The lowest BCUT2D eigenvalue weighted by molar-refractivity contribution is 0.0242. The molecule has 0 bridgehead atoms. The highest BCUT2D eigenvalue weighted by Crippen LogP contribution is 2.25. The number of aromatic nitrogens is 2. The molecule has 0 aromatic carbocycles. The van der Waals surface area contributed by atoms with Gasteiger partial charge >= 0.3 is 0 Å². The fraction of sp³-hybridized carbons (Fsp3) is 0.750. The van der Waals surface area contributed by atoms with Gasteiger partial charge in [0, 0.05) is 37.6 Å². The zero-order chi connectivity index (χ0) is 16.1. The van der Waals surface area contributed by atoms with E-state index in [0.717, 1.165) is 25.2 Å². The van der Waals surface area contributed by atoms with Crippen LogP contribution in [0, 0.1) is 0 Å². The molecule has 0 amide bonds. The van der Waals surface area contributed by atoms with Crippen molar-refractivity contribution in [1.29, 1.82) is 0 Å². The molecule has 2 fully saturated rings. The summed E-state index contributed by atoms with van der Waals surface area (Å²) in [6.07, 6.45) is 3.43. The van der Waals surface area contributed by atoms with E-state index >= 15 is 0 Å². The molecule has 2 saturated heterocycles. The third kappa shape index (κ3) is 4.71. The van der Waals surface area contributed by atoms with Gasteiger partial charge in [-0.1, -0.05) is 0 Å². The molecule has 6 nitrogen and oxygen atoms in total. The summed E-state index contributed by atoms with van der Waals surface area (Å²) in [5, 5.41) is 0. The van der Waals surface area contributed by atoms with E-state index in [1.165, 1.54) is 24.6 Å². The van der Waals surface area contributed by atoms with Crippen LogP contribution in [0.3, 0.4) is 0 Å². The van der Waals surface area contributed by atoms with Crippen LogP contribution in [0.25, 0.3) is 0 Å². The second kappa shape index (κ2) is 8.17. The second-order valence-electron chi connectivity index (χ2n) is 5.94. The summed E-state index contributed by atoms with van der Waals surface area (Å²) in [6.45, 7) is 3.43. The number of rotatable bonds is 6. The lowest BCUT2D eigenvalue weighted by Gasteiger charge is -2.28. The van der Waals surface area contributed by atoms with Crippen LogP contribution in [0.2, 0.25) is 0 Å². The van der Waals surface area contributed by atoms with Crippen LogP contribution in [0.1, 0.15) is 18.7 Å². The van der Waals surface area contributed by atoms with Crippen molar-refractivity contribution in [2.45, 2.75) is 31.5 Å². The average Bonchev–Trinajstić information content (AvgIpc) is 3.02. The summed E-state index contributed by atoms with van der Waals surface area (Å²) in [5.74, 6) is 4.28. The van der Waals surface area contributed by atoms with E-state index < -0.39 is 0 Å². The monoisotopic (exact) mass is 339 g/mol. The zero-order valence-corrected chi connectivity index (χ0v) is 14.7. The maximum Gasteiger partial charge on any atom is 0.220 e. The maximum atomic E-state index is 6.21. The van der Waals surface area contributed by atoms with Gasteiger partial charge < -0.3 is 14.2 Å². The van der Waals surface area contributed by atoms with Gasteiger partial charge in [0.15, 0.2) is 0 Å². The summed E-state index contributed by atoms with van der Waals surface area (Å²) < 4.78 is 16.6.